The van der Waals surface area contributed by atoms with Gasteiger partial charge in [-0.25, -0.2) is 9.59 Å². The Hall–Kier alpha value is -2.50. The van der Waals surface area contributed by atoms with Gasteiger partial charge in [0.2, 0.25) is 6.10 Å². The number of carbonyl (C=O) groups is 3. The first-order valence-corrected chi connectivity index (χ1v) is 9.99. The molecule has 5 atom stereocenters. The smallest absolute Gasteiger partial charge is 0.350 e. The highest BCUT2D eigenvalue weighted by Gasteiger charge is 2.35. The number of rotatable bonds is 6. The van der Waals surface area contributed by atoms with Crippen LogP contribution in [-0.4, -0.2) is 81.3 Å². The summed E-state index contributed by atoms with van der Waals surface area (Å²) >= 11 is 0. The second-order valence-corrected chi connectivity index (χ2v) is 7.12. The van der Waals surface area contributed by atoms with Crippen LogP contribution in [0.3, 0.4) is 0 Å². The number of fused-ring (bicyclic) bond motifs is 2. The van der Waals surface area contributed by atoms with E-state index in [9.17, 15) is 14.4 Å². The molecule has 0 amide bonds. The third kappa shape index (κ3) is 8.27. The van der Waals surface area contributed by atoms with Gasteiger partial charge in [-0.3, -0.25) is 4.79 Å². The van der Waals surface area contributed by atoms with Crippen molar-refractivity contribution in [3.63, 3.8) is 0 Å². The first-order valence-electron chi connectivity index (χ1n) is 9.99. The first kappa shape index (κ1) is 24.8. The van der Waals surface area contributed by atoms with E-state index in [1.165, 1.54) is 6.08 Å². The summed E-state index contributed by atoms with van der Waals surface area (Å²) in [6.07, 6.45) is -1.38. The van der Waals surface area contributed by atoms with Crippen molar-refractivity contribution in [1.82, 2.24) is 0 Å². The highest BCUT2D eigenvalue weighted by atomic mass is 16.7. The SMILES string of the molecule is COCCOCO[C@@H]1/C=C/C(=O)O[C@@H](C)CC(=O)O[C@@H](C)C2=NO[C@@H](C2)C(=O)O[C@H]1C. The molecule has 0 radical (unpaired) electrons. The molecule has 0 N–H and O–H groups in total. The molecule has 2 heterocycles. The monoisotopic (exact) mass is 443 g/mol. The Labute approximate surface area is 180 Å². The predicted molar refractivity (Wildman–Crippen MR) is 105 cm³/mol. The molecule has 0 aromatic carbocycles. The Morgan fingerprint density at radius 3 is 2.58 bits per heavy atom. The summed E-state index contributed by atoms with van der Waals surface area (Å²) in [4.78, 5) is 41.8. The Morgan fingerprint density at radius 1 is 1.06 bits per heavy atom. The van der Waals surface area contributed by atoms with Crippen molar-refractivity contribution in [2.75, 3.05) is 27.1 Å². The van der Waals surface area contributed by atoms with Crippen molar-refractivity contribution >= 4 is 23.6 Å². The first-order chi connectivity index (χ1) is 14.8. The molecule has 0 fully saturated rings. The zero-order chi connectivity index (χ0) is 22.8. The molecule has 11 heteroatoms. The van der Waals surface area contributed by atoms with Gasteiger partial charge in [0.15, 0.2) is 0 Å². The fraction of sp³-hybridized carbons (Fsp3) is 0.700. The highest BCUT2D eigenvalue weighted by Crippen LogP contribution is 2.19. The lowest BCUT2D eigenvalue weighted by Gasteiger charge is -2.23. The maximum absolute atomic E-state index is 12.5. The van der Waals surface area contributed by atoms with Gasteiger partial charge in [0, 0.05) is 19.6 Å². The molecule has 11 nitrogen and oxygen atoms in total. The van der Waals surface area contributed by atoms with Crippen LogP contribution in [0.4, 0.5) is 0 Å². The van der Waals surface area contributed by atoms with E-state index in [0.717, 1.165) is 6.08 Å². The van der Waals surface area contributed by atoms with E-state index in [-0.39, 0.29) is 19.6 Å². The zero-order valence-electron chi connectivity index (χ0n) is 18.1. The molecule has 0 saturated heterocycles. The molecule has 0 saturated carbocycles. The second-order valence-electron chi connectivity index (χ2n) is 7.12. The number of carbonyl (C=O) groups excluding carboxylic acids is 3. The van der Waals surface area contributed by atoms with Gasteiger partial charge >= 0.3 is 17.9 Å². The summed E-state index contributed by atoms with van der Waals surface area (Å²) < 4.78 is 31.7. The Kier molecular flexibility index (Phi) is 9.89. The average molecular weight is 443 g/mol. The van der Waals surface area contributed by atoms with Gasteiger partial charge in [0.25, 0.3) is 0 Å². The molecule has 2 bridgehead atoms. The Balaban J connectivity index is 2.11. The molecule has 2 rings (SSSR count). The molecule has 0 unspecified atom stereocenters. The lowest BCUT2D eigenvalue weighted by atomic mass is 10.1. The van der Waals surface area contributed by atoms with Gasteiger partial charge in [-0.15, -0.1) is 0 Å². The standard InChI is InChI=1S/C20H29NO10/c1-12-9-19(23)29-13(2)15-10-17(31-21-15)20(24)30-14(3)16(5-6-18(22)28-12)27-11-26-8-7-25-4/h5-6,12-14,16-17H,7-11H2,1-4H3/b6-5+/t12-,13-,14-,16+,17-/m0/s1. The lowest BCUT2D eigenvalue weighted by molar-refractivity contribution is -0.171. The van der Waals surface area contributed by atoms with Crippen LogP contribution in [0.1, 0.15) is 33.6 Å². The Bertz CT molecular complexity index is 691. The van der Waals surface area contributed by atoms with Crippen LogP contribution in [0.15, 0.2) is 17.3 Å². The summed E-state index contributed by atoms with van der Waals surface area (Å²) in [5, 5.41) is 3.84. The zero-order valence-corrected chi connectivity index (χ0v) is 18.1. The van der Waals surface area contributed by atoms with Crippen molar-refractivity contribution in [2.45, 2.75) is 64.1 Å². The third-order valence-corrected chi connectivity index (χ3v) is 4.47. The highest BCUT2D eigenvalue weighted by molar-refractivity contribution is 5.95. The van der Waals surface area contributed by atoms with Crippen LogP contribution in [0.25, 0.3) is 0 Å². The number of esters is 3. The van der Waals surface area contributed by atoms with Crippen molar-refractivity contribution in [2.24, 2.45) is 5.16 Å². The number of nitrogens with zero attached hydrogens (tertiary/aromatic N) is 1. The summed E-state index contributed by atoms with van der Waals surface area (Å²) in [5.74, 6) is -1.91. The fourth-order valence-electron chi connectivity index (χ4n) is 2.76. The van der Waals surface area contributed by atoms with E-state index in [1.807, 2.05) is 0 Å². The van der Waals surface area contributed by atoms with E-state index in [0.29, 0.717) is 18.9 Å². The molecule has 174 valence electrons. The van der Waals surface area contributed by atoms with Crippen LogP contribution < -0.4 is 0 Å². The number of oxime groups is 1. The van der Waals surface area contributed by atoms with Crippen molar-refractivity contribution < 1.29 is 47.6 Å². The minimum atomic E-state index is -0.960. The van der Waals surface area contributed by atoms with Gasteiger partial charge in [0.1, 0.15) is 36.9 Å². The van der Waals surface area contributed by atoms with Gasteiger partial charge in [-0.2, -0.15) is 0 Å². The van der Waals surface area contributed by atoms with E-state index >= 15 is 0 Å². The quantitative estimate of drug-likeness (QED) is 0.253. The van der Waals surface area contributed by atoms with E-state index in [4.69, 9.17) is 33.3 Å². The van der Waals surface area contributed by atoms with Crippen molar-refractivity contribution in [3.05, 3.63) is 12.2 Å². The molecular weight excluding hydrogens is 414 g/mol. The minimum absolute atomic E-state index is 0.109. The number of hydrogen-bond donors (Lipinski definition) is 0. The van der Waals surface area contributed by atoms with Crippen LogP contribution in [0.5, 0.6) is 0 Å². The summed E-state index contributed by atoms with van der Waals surface area (Å²) in [6.45, 7) is 5.40. The van der Waals surface area contributed by atoms with Crippen molar-refractivity contribution in [1.29, 1.82) is 0 Å². The maximum atomic E-state index is 12.5. The molecular formula is C20H29NO10. The molecule has 0 spiro atoms. The Morgan fingerprint density at radius 2 is 1.84 bits per heavy atom. The molecule has 31 heavy (non-hydrogen) atoms. The normalized spacial score (nSPS) is 31.2. The molecule has 0 aromatic rings. The average Bonchev–Trinajstić information content (AvgIpc) is 3.19. The minimum Gasteiger partial charge on any atom is -0.459 e. The van der Waals surface area contributed by atoms with Crippen molar-refractivity contribution in [3.8, 4) is 0 Å². The van der Waals surface area contributed by atoms with Gasteiger partial charge < -0.3 is 33.3 Å². The lowest BCUT2D eigenvalue weighted by Crippen LogP contribution is -2.35. The van der Waals surface area contributed by atoms with Gasteiger partial charge in [-0.05, 0) is 26.8 Å². The predicted octanol–water partition coefficient (Wildman–Crippen LogP) is 0.892. The van der Waals surface area contributed by atoms with Gasteiger partial charge in [0.05, 0.1) is 19.6 Å². The van der Waals surface area contributed by atoms with Crippen LogP contribution in [0.2, 0.25) is 0 Å². The topological polar surface area (TPSA) is 128 Å². The number of hydrogen-bond acceptors (Lipinski definition) is 11. The van der Waals surface area contributed by atoms with E-state index < -0.39 is 48.4 Å². The number of cyclic esters (lactones) is 3. The largest absolute Gasteiger partial charge is 0.459 e. The second kappa shape index (κ2) is 12.4. The fourth-order valence-corrected chi connectivity index (χ4v) is 2.76. The summed E-state index contributed by atoms with van der Waals surface area (Å²) in [7, 11) is 1.55. The number of methoxy groups -OCH3 is 1. The molecule has 2 aliphatic heterocycles. The van der Waals surface area contributed by atoms with Crippen LogP contribution in [-0.2, 0) is 47.6 Å². The third-order valence-electron chi connectivity index (χ3n) is 4.47. The van der Waals surface area contributed by atoms with Crippen LogP contribution >= 0.6 is 0 Å². The molecule has 2 aliphatic rings. The summed E-state index contributed by atoms with van der Waals surface area (Å²) in [6, 6.07) is 0. The number of ether oxygens (including phenoxy) is 6. The molecule has 0 aliphatic carbocycles. The molecule has 0 aromatic heterocycles. The van der Waals surface area contributed by atoms with E-state index in [2.05, 4.69) is 5.16 Å². The maximum Gasteiger partial charge on any atom is 0.350 e. The van der Waals surface area contributed by atoms with Gasteiger partial charge in [-0.1, -0.05) is 5.16 Å². The summed E-state index contributed by atoms with van der Waals surface area (Å²) in [5.41, 5.74) is 0.402. The van der Waals surface area contributed by atoms with E-state index in [1.54, 1.807) is 27.9 Å². The van der Waals surface area contributed by atoms with Crippen LogP contribution in [0, 0.1) is 0 Å².